The Bertz CT molecular complexity index is 421. The lowest BCUT2D eigenvalue weighted by atomic mass is 10.2. The van der Waals surface area contributed by atoms with Gasteiger partial charge in [0.15, 0.2) is 0 Å². The van der Waals surface area contributed by atoms with Crippen molar-refractivity contribution in [2.24, 2.45) is 0 Å². The van der Waals surface area contributed by atoms with E-state index in [9.17, 15) is 18.0 Å². The molecule has 1 aromatic rings. The Kier molecular flexibility index (Phi) is 3.60. The molecule has 100 valence electrons. The lowest BCUT2D eigenvalue weighted by Gasteiger charge is -2.14. The molecule has 1 atom stereocenters. The minimum absolute atomic E-state index is 0.00765. The summed E-state index contributed by atoms with van der Waals surface area (Å²) in [6.45, 7) is 0.325. The van der Waals surface area contributed by atoms with Crippen molar-refractivity contribution in [2.45, 2.75) is 25.2 Å². The quantitative estimate of drug-likeness (QED) is 0.857. The van der Waals surface area contributed by atoms with Crippen molar-refractivity contribution in [1.82, 2.24) is 15.2 Å². The number of alkyl halides is 3. The van der Waals surface area contributed by atoms with E-state index in [1.54, 1.807) is 0 Å². The van der Waals surface area contributed by atoms with Crippen molar-refractivity contribution in [1.29, 1.82) is 0 Å². The number of nitrogens with one attached hydrogen (secondary N) is 2. The van der Waals surface area contributed by atoms with E-state index in [-0.39, 0.29) is 11.7 Å². The van der Waals surface area contributed by atoms with Gasteiger partial charge in [-0.05, 0) is 25.1 Å². The molecule has 18 heavy (non-hydrogen) atoms. The molecule has 0 radical (unpaired) electrons. The molecule has 1 saturated heterocycles. The standard InChI is InChI=1S/C11H14F3N3O/c12-11(13,14)7-17-5-1-2-9(17)10(18)16-8-3-4-15-6-8/h1-2,5,8,15H,3-4,6-7H2,(H,16,18)/t8-/m0/s1. The fourth-order valence-electron chi connectivity index (χ4n) is 1.99. The molecule has 1 aliphatic rings. The first-order chi connectivity index (χ1) is 8.46. The molecule has 0 aliphatic carbocycles. The predicted molar refractivity (Wildman–Crippen MR) is 59.2 cm³/mol. The van der Waals surface area contributed by atoms with Gasteiger partial charge in [-0.15, -0.1) is 0 Å². The average Bonchev–Trinajstić information content (AvgIpc) is 2.86. The summed E-state index contributed by atoms with van der Waals surface area (Å²) in [6.07, 6.45) is -2.27. The third-order valence-electron chi connectivity index (χ3n) is 2.81. The Labute approximate surface area is 102 Å². The average molecular weight is 261 g/mol. The molecule has 1 fully saturated rings. The van der Waals surface area contributed by atoms with Crippen LogP contribution in [0.4, 0.5) is 13.2 Å². The zero-order valence-corrected chi connectivity index (χ0v) is 9.63. The Hall–Kier alpha value is -1.50. The SMILES string of the molecule is O=C(N[C@H]1CCNC1)c1cccn1CC(F)(F)F. The Morgan fingerprint density at radius 1 is 1.56 bits per heavy atom. The molecule has 4 nitrogen and oxygen atoms in total. The third-order valence-corrected chi connectivity index (χ3v) is 2.81. The van der Waals surface area contributed by atoms with Gasteiger partial charge in [0.25, 0.3) is 5.91 Å². The molecule has 2 heterocycles. The highest BCUT2D eigenvalue weighted by molar-refractivity contribution is 5.93. The summed E-state index contributed by atoms with van der Waals surface area (Å²) in [7, 11) is 0. The number of halogens is 3. The van der Waals surface area contributed by atoms with Gasteiger partial charge in [0, 0.05) is 18.8 Å². The molecule has 1 aromatic heterocycles. The lowest BCUT2D eigenvalue weighted by Crippen LogP contribution is -2.37. The molecule has 2 N–H and O–H groups in total. The van der Waals surface area contributed by atoms with Crippen LogP contribution in [-0.4, -0.2) is 35.8 Å². The van der Waals surface area contributed by atoms with Crippen molar-refractivity contribution >= 4 is 5.91 Å². The van der Waals surface area contributed by atoms with Crippen LogP contribution in [-0.2, 0) is 6.54 Å². The van der Waals surface area contributed by atoms with Gasteiger partial charge in [-0.1, -0.05) is 0 Å². The summed E-state index contributed by atoms with van der Waals surface area (Å²) in [5.74, 6) is -0.460. The topological polar surface area (TPSA) is 46.1 Å². The Morgan fingerprint density at radius 3 is 2.94 bits per heavy atom. The second-order valence-electron chi connectivity index (χ2n) is 4.30. The molecule has 0 aromatic carbocycles. The van der Waals surface area contributed by atoms with E-state index in [1.807, 2.05) is 0 Å². The predicted octanol–water partition coefficient (Wildman–Crippen LogP) is 1.14. The van der Waals surface area contributed by atoms with Crippen LogP contribution in [0.3, 0.4) is 0 Å². The van der Waals surface area contributed by atoms with Gasteiger partial charge in [0.05, 0.1) is 0 Å². The summed E-state index contributed by atoms with van der Waals surface area (Å²) >= 11 is 0. The third kappa shape index (κ3) is 3.25. The Balaban J connectivity index is 2.03. The lowest BCUT2D eigenvalue weighted by molar-refractivity contribution is -0.140. The number of rotatable bonds is 3. The van der Waals surface area contributed by atoms with Crippen LogP contribution in [0.5, 0.6) is 0 Å². The first kappa shape index (κ1) is 12.9. The van der Waals surface area contributed by atoms with Crippen molar-refractivity contribution in [2.75, 3.05) is 13.1 Å². The maximum absolute atomic E-state index is 12.3. The van der Waals surface area contributed by atoms with Crippen LogP contribution >= 0.6 is 0 Å². The molecule has 0 unspecified atom stereocenters. The summed E-state index contributed by atoms with van der Waals surface area (Å²) in [5, 5.41) is 5.79. The van der Waals surface area contributed by atoms with E-state index >= 15 is 0 Å². The number of aromatic nitrogens is 1. The second kappa shape index (κ2) is 5.01. The van der Waals surface area contributed by atoms with Crippen molar-refractivity contribution in [3.63, 3.8) is 0 Å². The van der Waals surface area contributed by atoms with Crippen LogP contribution < -0.4 is 10.6 Å². The highest BCUT2D eigenvalue weighted by Crippen LogP contribution is 2.19. The van der Waals surface area contributed by atoms with Crippen LogP contribution in [0.25, 0.3) is 0 Å². The number of nitrogens with zero attached hydrogens (tertiary/aromatic N) is 1. The maximum atomic E-state index is 12.3. The zero-order chi connectivity index (χ0) is 13.2. The highest BCUT2D eigenvalue weighted by Gasteiger charge is 2.29. The van der Waals surface area contributed by atoms with Crippen LogP contribution in [0.15, 0.2) is 18.3 Å². The van der Waals surface area contributed by atoms with Crippen LogP contribution in [0, 0.1) is 0 Å². The molecule has 1 aliphatic heterocycles. The first-order valence-corrected chi connectivity index (χ1v) is 5.69. The highest BCUT2D eigenvalue weighted by atomic mass is 19.4. The van der Waals surface area contributed by atoms with E-state index in [1.165, 1.54) is 18.3 Å². The van der Waals surface area contributed by atoms with E-state index in [4.69, 9.17) is 0 Å². The molecule has 2 rings (SSSR count). The number of hydrogen-bond acceptors (Lipinski definition) is 2. The molecular formula is C11H14F3N3O. The number of amides is 1. The largest absolute Gasteiger partial charge is 0.406 e. The van der Waals surface area contributed by atoms with Crippen molar-refractivity contribution in [3.05, 3.63) is 24.0 Å². The minimum Gasteiger partial charge on any atom is -0.347 e. The maximum Gasteiger partial charge on any atom is 0.406 e. The zero-order valence-electron chi connectivity index (χ0n) is 9.63. The fraction of sp³-hybridized carbons (Fsp3) is 0.545. The van der Waals surface area contributed by atoms with Gasteiger partial charge in [0.2, 0.25) is 0 Å². The number of carbonyl (C=O) groups excluding carboxylic acids is 1. The van der Waals surface area contributed by atoms with Gasteiger partial charge in [0.1, 0.15) is 12.2 Å². The van der Waals surface area contributed by atoms with Crippen LogP contribution in [0.2, 0.25) is 0 Å². The molecule has 0 saturated carbocycles. The number of carbonyl (C=O) groups is 1. The fourth-order valence-corrected chi connectivity index (χ4v) is 1.99. The van der Waals surface area contributed by atoms with Gasteiger partial charge < -0.3 is 15.2 Å². The molecule has 1 amide bonds. The van der Waals surface area contributed by atoms with E-state index < -0.39 is 18.6 Å². The van der Waals surface area contributed by atoms with E-state index in [0.29, 0.717) is 6.54 Å². The van der Waals surface area contributed by atoms with Crippen LogP contribution in [0.1, 0.15) is 16.9 Å². The molecule has 0 bridgehead atoms. The first-order valence-electron chi connectivity index (χ1n) is 5.69. The summed E-state index contributed by atoms with van der Waals surface area (Å²) in [6, 6.07) is 2.82. The monoisotopic (exact) mass is 261 g/mol. The van der Waals surface area contributed by atoms with Crippen molar-refractivity contribution in [3.8, 4) is 0 Å². The summed E-state index contributed by atoms with van der Waals surface area (Å²) in [4.78, 5) is 11.8. The van der Waals surface area contributed by atoms with Gasteiger partial charge in [-0.2, -0.15) is 13.2 Å². The summed E-state index contributed by atoms with van der Waals surface area (Å²) in [5.41, 5.74) is 0.0409. The van der Waals surface area contributed by atoms with Gasteiger partial charge in [-0.25, -0.2) is 0 Å². The van der Waals surface area contributed by atoms with E-state index in [2.05, 4.69) is 10.6 Å². The molecule has 7 heteroatoms. The molecular weight excluding hydrogens is 247 g/mol. The second-order valence-corrected chi connectivity index (χ2v) is 4.30. The van der Waals surface area contributed by atoms with Gasteiger partial charge in [-0.3, -0.25) is 4.79 Å². The minimum atomic E-state index is -4.33. The normalized spacial score (nSPS) is 20.1. The summed E-state index contributed by atoms with van der Waals surface area (Å²) < 4.78 is 37.8. The van der Waals surface area contributed by atoms with Gasteiger partial charge >= 0.3 is 6.18 Å². The Morgan fingerprint density at radius 2 is 2.33 bits per heavy atom. The smallest absolute Gasteiger partial charge is 0.347 e. The molecule has 0 spiro atoms. The van der Waals surface area contributed by atoms with Crippen molar-refractivity contribution < 1.29 is 18.0 Å². The van der Waals surface area contributed by atoms with E-state index in [0.717, 1.165) is 17.5 Å². The number of hydrogen-bond donors (Lipinski definition) is 2.